The van der Waals surface area contributed by atoms with Crippen molar-refractivity contribution in [3.63, 3.8) is 0 Å². The van der Waals surface area contributed by atoms with E-state index in [2.05, 4.69) is 15.4 Å². The lowest BCUT2D eigenvalue weighted by molar-refractivity contribution is 0.0467. The molecular formula is C23H20N4O4S. The Kier molecular flexibility index (Phi) is 6.09. The molecule has 4 rings (SSSR count). The lowest BCUT2D eigenvalue weighted by atomic mass is 10.1. The average molecular weight is 449 g/mol. The zero-order valence-electron chi connectivity index (χ0n) is 17.5. The van der Waals surface area contributed by atoms with E-state index in [4.69, 9.17) is 4.74 Å². The van der Waals surface area contributed by atoms with Crippen LogP contribution in [0.25, 0.3) is 4.96 Å². The predicted octanol–water partition coefficient (Wildman–Crippen LogP) is 3.63. The third kappa shape index (κ3) is 4.57. The van der Waals surface area contributed by atoms with Gasteiger partial charge in [0.2, 0.25) is 4.96 Å². The number of nitrogens with zero attached hydrogens (tertiary/aromatic N) is 3. The van der Waals surface area contributed by atoms with E-state index in [0.29, 0.717) is 28.3 Å². The molecule has 2 aromatic carbocycles. The van der Waals surface area contributed by atoms with Gasteiger partial charge in [-0.15, -0.1) is 0 Å². The molecule has 0 bridgehead atoms. The number of aryl methyl sites for hydroxylation is 2. The number of nitrogens with one attached hydrogen (secondary N) is 1. The highest BCUT2D eigenvalue weighted by molar-refractivity contribution is 7.16. The molecule has 1 N–H and O–H groups in total. The Morgan fingerprint density at radius 1 is 1.12 bits per heavy atom. The molecule has 0 fully saturated rings. The van der Waals surface area contributed by atoms with Gasteiger partial charge in [0.15, 0.2) is 0 Å². The zero-order valence-corrected chi connectivity index (χ0v) is 18.3. The molecule has 2 heterocycles. The number of carbonyl (C=O) groups is 2. The predicted molar refractivity (Wildman–Crippen MR) is 121 cm³/mol. The Morgan fingerprint density at radius 2 is 1.94 bits per heavy atom. The number of rotatable bonds is 6. The second-order valence-electron chi connectivity index (χ2n) is 7.06. The van der Waals surface area contributed by atoms with E-state index in [-0.39, 0.29) is 23.6 Å². The number of hydrogen-bond acceptors (Lipinski definition) is 7. The molecule has 0 spiro atoms. The lowest BCUT2D eigenvalue weighted by Crippen LogP contribution is -2.17. The second-order valence-corrected chi connectivity index (χ2v) is 8.10. The van der Waals surface area contributed by atoms with Crippen molar-refractivity contribution in [3.05, 3.63) is 92.3 Å². The van der Waals surface area contributed by atoms with Crippen LogP contribution in [0, 0.1) is 6.92 Å². The molecule has 32 heavy (non-hydrogen) atoms. The van der Waals surface area contributed by atoms with Crippen molar-refractivity contribution in [1.29, 1.82) is 0 Å². The maximum atomic E-state index is 12.5. The molecular weight excluding hydrogens is 428 g/mol. The highest BCUT2D eigenvalue weighted by Crippen LogP contribution is 2.16. The summed E-state index contributed by atoms with van der Waals surface area (Å²) in [7, 11) is 0. The minimum absolute atomic E-state index is 0.149. The highest BCUT2D eigenvalue weighted by atomic mass is 32.1. The third-order valence-corrected chi connectivity index (χ3v) is 5.79. The fourth-order valence-corrected chi connectivity index (χ4v) is 3.94. The Labute approximate surface area is 187 Å². The first kappa shape index (κ1) is 21.4. The van der Waals surface area contributed by atoms with E-state index in [1.165, 1.54) is 21.9 Å². The second kappa shape index (κ2) is 9.11. The molecule has 0 aliphatic rings. The maximum absolute atomic E-state index is 12.5. The summed E-state index contributed by atoms with van der Waals surface area (Å²) < 4.78 is 6.58. The van der Waals surface area contributed by atoms with E-state index in [0.717, 1.165) is 10.6 Å². The molecule has 162 valence electrons. The highest BCUT2D eigenvalue weighted by Gasteiger charge is 2.13. The lowest BCUT2D eigenvalue weighted by Gasteiger charge is -2.09. The number of carbonyl (C=O) groups excluding carboxylic acids is 2. The first-order valence-electron chi connectivity index (χ1n) is 9.97. The van der Waals surface area contributed by atoms with E-state index in [1.807, 2.05) is 26.0 Å². The molecule has 0 atom stereocenters. The summed E-state index contributed by atoms with van der Waals surface area (Å²) in [5, 5.41) is 7.79. The molecule has 4 aromatic rings. The van der Waals surface area contributed by atoms with Crippen LogP contribution in [0.15, 0.2) is 59.4 Å². The summed E-state index contributed by atoms with van der Waals surface area (Å²) in [5.41, 5.74) is 2.19. The normalized spacial score (nSPS) is 10.8. The summed E-state index contributed by atoms with van der Waals surface area (Å²) in [6, 6.07) is 15.0. The molecule has 8 nitrogen and oxygen atoms in total. The Bertz CT molecular complexity index is 1380. The standard InChI is InChI=1S/C23H20N4O4S/c1-3-19-26-27-20(28)12-17(25-23(27)32-19)13-31-22(30)15-8-6-9-16(11-15)24-21(29)18-10-5-4-7-14(18)2/h4-12H,3,13H2,1-2H3,(H,24,29). The van der Waals surface area contributed by atoms with E-state index in [9.17, 15) is 14.4 Å². The fraction of sp³-hybridized carbons (Fsp3) is 0.174. The van der Waals surface area contributed by atoms with Crippen LogP contribution in [0.1, 0.15) is 43.9 Å². The number of hydrogen-bond donors (Lipinski definition) is 1. The SMILES string of the molecule is CCc1nn2c(=O)cc(COC(=O)c3cccc(NC(=O)c4ccccc4C)c3)nc2s1. The topological polar surface area (TPSA) is 103 Å². The van der Waals surface area contributed by atoms with Crippen LogP contribution in [0.3, 0.4) is 0 Å². The molecule has 2 aromatic heterocycles. The first-order chi connectivity index (χ1) is 15.4. The quantitative estimate of drug-likeness (QED) is 0.452. The van der Waals surface area contributed by atoms with Gasteiger partial charge in [0, 0.05) is 17.3 Å². The molecule has 0 aliphatic heterocycles. The van der Waals surface area contributed by atoms with Crippen molar-refractivity contribution >= 4 is 33.9 Å². The summed E-state index contributed by atoms with van der Waals surface area (Å²) in [6.07, 6.45) is 0.703. The molecule has 9 heteroatoms. The average Bonchev–Trinajstić information content (AvgIpc) is 3.22. The smallest absolute Gasteiger partial charge is 0.338 e. The van der Waals surface area contributed by atoms with Gasteiger partial charge < -0.3 is 10.1 Å². The molecule has 0 radical (unpaired) electrons. The Hall–Kier alpha value is -3.85. The minimum Gasteiger partial charge on any atom is -0.456 e. The molecule has 0 aliphatic carbocycles. The van der Waals surface area contributed by atoms with Gasteiger partial charge in [0.05, 0.1) is 11.3 Å². The van der Waals surface area contributed by atoms with Crippen LogP contribution in [-0.4, -0.2) is 26.5 Å². The van der Waals surface area contributed by atoms with Gasteiger partial charge in [0.1, 0.15) is 11.6 Å². The number of aromatic nitrogens is 3. The molecule has 0 saturated heterocycles. The van der Waals surface area contributed by atoms with Crippen molar-refractivity contribution in [2.45, 2.75) is 26.9 Å². The Morgan fingerprint density at radius 3 is 2.72 bits per heavy atom. The largest absolute Gasteiger partial charge is 0.456 e. The van der Waals surface area contributed by atoms with Crippen LogP contribution in [0.2, 0.25) is 0 Å². The number of amides is 1. The van der Waals surface area contributed by atoms with E-state index >= 15 is 0 Å². The number of anilines is 1. The van der Waals surface area contributed by atoms with Crippen molar-refractivity contribution in [2.24, 2.45) is 0 Å². The zero-order chi connectivity index (χ0) is 22.7. The number of benzene rings is 2. The van der Waals surface area contributed by atoms with Crippen LogP contribution in [-0.2, 0) is 17.8 Å². The van der Waals surface area contributed by atoms with Gasteiger partial charge in [-0.05, 0) is 43.2 Å². The van der Waals surface area contributed by atoms with Crippen molar-refractivity contribution in [3.8, 4) is 0 Å². The van der Waals surface area contributed by atoms with Crippen molar-refractivity contribution in [1.82, 2.24) is 14.6 Å². The van der Waals surface area contributed by atoms with Crippen LogP contribution in [0.4, 0.5) is 5.69 Å². The maximum Gasteiger partial charge on any atom is 0.338 e. The van der Waals surface area contributed by atoms with Crippen LogP contribution >= 0.6 is 11.3 Å². The van der Waals surface area contributed by atoms with Crippen molar-refractivity contribution in [2.75, 3.05) is 5.32 Å². The number of ether oxygens (including phenoxy) is 1. The molecule has 0 unspecified atom stereocenters. The molecule has 1 amide bonds. The molecule has 0 saturated carbocycles. The summed E-state index contributed by atoms with van der Waals surface area (Å²) >= 11 is 1.32. The van der Waals surface area contributed by atoms with Crippen LogP contribution < -0.4 is 10.9 Å². The van der Waals surface area contributed by atoms with Gasteiger partial charge in [-0.3, -0.25) is 9.59 Å². The summed E-state index contributed by atoms with van der Waals surface area (Å²) in [4.78, 5) is 42.1. The fourth-order valence-electron chi connectivity index (χ4n) is 3.09. The minimum atomic E-state index is -0.586. The monoisotopic (exact) mass is 448 g/mol. The third-order valence-electron chi connectivity index (χ3n) is 4.74. The Balaban J connectivity index is 1.45. The van der Waals surface area contributed by atoms with E-state index < -0.39 is 5.97 Å². The number of esters is 1. The van der Waals surface area contributed by atoms with Gasteiger partial charge >= 0.3 is 5.97 Å². The van der Waals surface area contributed by atoms with Gasteiger partial charge in [-0.1, -0.05) is 42.5 Å². The first-order valence-corrected chi connectivity index (χ1v) is 10.8. The summed E-state index contributed by atoms with van der Waals surface area (Å²) in [5.74, 6) is -0.847. The van der Waals surface area contributed by atoms with Gasteiger partial charge in [-0.25, -0.2) is 9.78 Å². The van der Waals surface area contributed by atoms with Crippen molar-refractivity contribution < 1.29 is 14.3 Å². The van der Waals surface area contributed by atoms with Crippen LogP contribution in [0.5, 0.6) is 0 Å². The number of fused-ring (bicyclic) bond motifs is 1. The van der Waals surface area contributed by atoms with Gasteiger partial charge in [0.25, 0.3) is 11.5 Å². The van der Waals surface area contributed by atoms with E-state index in [1.54, 1.807) is 36.4 Å². The van der Waals surface area contributed by atoms with Gasteiger partial charge in [-0.2, -0.15) is 9.61 Å². The summed E-state index contributed by atoms with van der Waals surface area (Å²) in [6.45, 7) is 3.65.